The van der Waals surface area contributed by atoms with Gasteiger partial charge in [-0.1, -0.05) is 44.9 Å². The third-order valence-corrected chi connectivity index (χ3v) is 8.03. The van der Waals surface area contributed by atoms with E-state index in [0.29, 0.717) is 35.8 Å². The first-order valence-corrected chi connectivity index (χ1v) is 13.4. The van der Waals surface area contributed by atoms with Crippen LogP contribution in [0.4, 0.5) is 13.2 Å². The molecule has 4 heteroatoms. The number of halogens is 3. The van der Waals surface area contributed by atoms with Crippen LogP contribution < -0.4 is 4.74 Å². The fraction of sp³-hybridized carbons (Fsp3) is 0.600. The summed E-state index contributed by atoms with van der Waals surface area (Å²) in [5, 5.41) is 0.0936. The van der Waals surface area contributed by atoms with Gasteiger partial charge in [0.1, 0.15) is 0 Å². The van der Waals surface area contributed by atoms with E-state index in [9.17, 15) is 8.78 Å². The number of hydrogen-bond acceptors (Lipinski definition) is 1. The number of allylic oxidation sites excluding steroid dienone is 2. The molecule has 34 heavy (non-hydrogen) atoms. The Morgan fingerprint density at radius 1 is 0.794 bits per heavy atom. The van der Waals surface area contributed by atoms with Crippen LogP contribution in [0, 0.1) is 35.2 Å². The summed E-state index contributed by atoms with van der Waals surface area (Å²) in [6.45, 7) is 4.52. The third kappa shape index (κ3) is 5.63. The van der Waals surface area contributed by atoms with Gasteiger partial charge >= 0.3 is 0 Å². The summed E-state index contributed by atoms with van der Waals surface area (Å²) in [6, 6.07) is 4.81. The molecule has 0 N–H and O–H groups in total. The molecule has 2 aromatic carbocycles. The van der Waals surface area contributed by atoms with Crippen LogP contribution in [0.3, 0.4) is 0 Å². The molecule has 0 saturated heterocycles. The van der Waals surface area contributed by atoms with Crippen molar-refractivity contribution in [1.29, 1.82) is 0 Å². The molecule has 0 aromatic heterocycles. The molecule has 0 atom stereocenters. The highest BCUT2D eigenvalue weighted by Crippen LogP contribution is 2.41. The van der Waals surface area contributed by atoms with Gasteiger partial charge in [0, 0.05) is 0 Å². The van der Waals surface area contributed by atoms with Gasteiger partial charge in [-0.2, -0.15) is 0 Å². The zero-order chi connectivity index (χ0) is 24.1. The van der Waals surface area contributed by atoms with Crippen molar-refractivity contribution in [2.75, 3.05) is 6.61 Å². The molecular formula is C30H39F3O. The van der Waals surface area contributed by atoms with Crippen LogP contribution in [0.25, 0.3) is 10.8 Å². The highest BCUT2D eigenvalue weighted by Gasteiger charge is 2.27. The van der Waals surface area contributed by atoms with Gasteiger partial charge < -0.3 is 4.74 Å². The Morgan fingerprint density at radius 3 is 2.06 bits per heavy atom. The van der Waals surface area contributed by atoms with Crippen LogP contribution in [0.5, 0.6) is 5.75 Å². The van der Waals surface area contributed by atoms with Crippen LogP contribution in [0.1, 0.15) is 96.0 Å². The average Bonchev–Trinajstić information content (AvgIpc) is 2.86. The molecule has 2 fully saturated rings. The Bertz CT molecular complexity index is 982. The van der Waals surface area contributed by atoms with E-state index in [1.165, 1.54) is 44.6 Å². The number of ether oxygens (including phenoxy) is 1. The van der Waals surface area contributed by atoms with Crippen molar-refractivity contribution >= 4 is 10.8 Å². The quantitative estimate of drug-likeness (QED) is 0.348. The van der Waals surface area contributed by atoms with E-state index in [1.54, 1.807) is 12.1 Å². The van der Waals surface area contributed by atoms with E-state index < -0.39 is 17.5 Å². The van der Waals surface area contributed by atoms with Gasteiger partial charge in [0.2, 0.25) is 0 Å². The molecule has 2 aliphatic rings. The summed E-state index contributed by atoms with van der Waals surface area (Å²) in [6.07, 6.45) is 17.2. The number of benzene rings is 2. The van der Waals surface area contributed by atoms with Crippen molar-refractivity contribution in [1.82, 2.24) is 0 Å². The summed E-state index contributed by atoms with van der Waals surface area (Å²) in [4.78, 5) is 0. The fourth-order valence-electron chi connectivity index (χ4n) is 6.02. The zero-order valence-corrected chi connectivity index (χ0v) is 20.7. The van der Waals surface area contributed by atoms with E-state index >= 15 is 4.39 Å². The van der Waals surface area contributed by atoms with Crippen molar-refractivity contribution in [3.63, 3.8) is 0 Å². The second-order valence-corrected chi connectivity index (χ2v) is 10.5. The lowest BCUT2D eigenvalue weighted by Crippen LogP contribution is -2.15. The Kier molecular flexibility index (Phi) is 8.60. The maximum absolute atomic E-state index is 15.1. The van der Waals surface area contributed by atoms with E-state index in [4.69, 9.17) is 4.74 Å². The van der Waals surface area contributed by atoms with Gasteiger partial charge in [0.15, 0.2) is 23.2 Å². The number of rotatable bonds is 8. The lowest BCUT2D eigenvalue weighted by atomic mass is 9.76. The molecule has 4 rings (SSSR count). The monoisotopic (exact) mass is 472 g/mol. The maximum Gasteiger partial charge on any atom is 0.175 e. The summed E-state index contributed by atoms with van der Waals surface area (Å²) >= 11 is 0. The normalized spacial score (nSPS) is 25.8. The van der Waals surface area contributed by atoms with Crippen LogP contribution in [0.15, 0.2) is 30.4 Å². The van der Waals surface area contributed by atoms with Crippen molar-refractivity contribution in [3.8, 4) is 5.75 Å². The molecule has 0 amide bonds. The Balaban J connectivity index is 1.40. The largest absolute Gasteiger partial charge is 0.491 e. The molecule has 0 spiro atoms. The van der Waals surface area contributed by atoms with Gasteiger partial charge in [-0.25, -0.2) is 13.2 Å². The Morgan fingerprint density at radius 2 is 1.44 bits per heavy atom. The van der Waals surface area contributed by atoms with E-state index in [0.717, 1.165) is 31.6 Å². The van der Waals surface area contributed by atoms with Gasteiger partial charge in [0.05, 0.1) is 12.0 Å². The summed E-state index contributed by atoms with van der Waals surface area (Å²) in [7, 11) is 0. The van der Waals surface area contributed by atoms with Crippen LogP contribution in [-0.2, 0) is 0 Å². The fourth-order valence-corrected chi connectivity index (χ4v) is 6.02. The minimum Gasteiger partial charge on any atom is -0.491 e. The second-order valence-electron chi connectivity index (χ2n) is 10.5. The Labute approximate surface area is 202 Å². The molecule has 2 aliphatic carbocycles. The molecule has 2 aromatic rings. The molecule has 0 radical (unpaired) electrons. The number of hydrogen-bond donors (Lipinski definition) is 0. The minimum absolute atomic E-state index is 0.0212. The van der Waals surface area contributed by atoms with Crippen molar-refractivity contribution in [2.24, 2.45) is 17.8 Å². The molecule has 0 heterocycles. The lowest BCUT2D eigenvalue weighted by molar-refractivity contribution is 0.292. The molecular weight excluding hydrogens is 433 g/mol. The minimum atomic E-state index is -1.09. The van der Waals surface area contributed by atoms with E-state index in [-0.39, 0.29) is 17.1 Å². The van der Waals surface area contributed by atoms with Gasteiger partial charge in [-0.05, 0) is 105 Å². The van der Waals surface area contributed by atoms with Crippen molar-refractivity contribution in [2.45, 2.75) is 90.4 Å². The van der Waals surface area contributed by atoms with Crippen LogP contribution in [0.2, 0.25) is 0 Å². The molecule has 0 unspecified atom stereocenters. The molecule has 186 valence electrons. The predicted molar refractivity (Wildman–Crippen MR) is 134 cm³/mol. The second kappa shape index (κ2) is 11.6. The maximum atomic E-state index is 15.1. The zero-order valence-electron chi connectivity index (χ0n) is 20.7. The summed E-state index contributed by atoms with van der Waals surface area (Å²) < 4.78 is 50.2. The molecule has 0 aliphatic heterocycles. The van der Waals surface area contributed by atoms with Gasteiger partial charge in [-0.15, -0.1) is 0 Å². The Hall–Kier alpha value is -1.97. The van der Waals surface area contributed by atoms with E-state index in [2.05, 4.69) is 19.1 Å². The highest BCUT2D eigenvalue weighted by molar-refractivity contribution is 5.86. The van der Waals surface area contributed by atoms with Gasteiger partial charge in [0.25, 0.3) is 0 Å². The predicted octanol–water partition coefficient (Wildman–Crippen LogP) is 9.48. The van der Waals surface area contributed by atoms with E-state index in [1.807, 2.05) is 6.92 Å². The lowest BCUT2D eigenvalue weighted by Gasteiger charge is -2.29. The standard InChI is InChI=1S/C30H39F3O/c1-3-5-20-6-8-21(9-7-20)10-11-22-12-14-23(15-13-22)25-19-24-16-17-26(34-18-4-2)29(32)27(24)30(33)28(25)31/h10-11,16-17,19-23H,3-9,12-15,18H2,1-2H3/b11-10+. The highest BCUT2D eigenvalue weighted by atomic mass is 19.2. The first-order chi connectivity index (χ1) is 16.5. The average molecular weight is 473 g/mol. The molecule has 1 nitrogen and oxygen atoms in total. The van der Waals surface area contributed by atoms with Crippen molar-refractivity contribution < 1.29 is 17.9 Å². The SMILES string of the molecule is CCCOc1ccc2cc(C3CCC(/C=C/C4CCC(CCC)CC4)CC3)c(F)c(F)c2c1F. The van der Waals surface area contributed by atoms with Gasteiger partial charge in [-0.3, -0.25) is 0 Å². The number of fused-ring (bicyclic) bond motifs is 1. The third-order valence-electron chi connectivity index (χ3n) is 8.03. The molecule has 0 bridgehead atoms. The molecule has 2 saturated carbocycles. The van der Waals surface area contributed by atoms with Crippen LogP contribution >= 0.6 is 0 Å². The van der Waals surface area contributed by atoms with Crippen molar-refractivity contribution in [3.05, 3.63) is 53.4 Å². The summed E-state index contributed by atoms with van der Waals surface area (Å²) in [5.74, 6) is -0.696. The first kappa shape index (κ1) is 25.1. The smallest absolute Gasteiger partial charge is 0.175 e. The van der Waals surface area contributed by atoms with Crippen LogP contribution in [-0.4, -0.2) is 6.61 Å². The first-order valence-electron chi connectivity index (χ1n) is 13.4. The topological polar surface area (TPSA) is 9.23 Å². The summed E-state index contributed by atoms with van der Waals surface area (Å²) in [5.41, 5.74) is 0.392.